The van der Waals surface area contributed by atoms with Crippen molar-refractivity contribution in [3.05, 3.63) is 0 Å². The van der Waals surface area contributed by atoms with Crippen molar-refractivity contribution < 1.29 is 9.59 Å². The zero-order chi connectivity index (χ0) is 6.57. The summed E-state index contributed by atoms with van der Waals surface area (Å²) < 4.78 is 0. The molecule has 0 aromatic heterocycles. The summed E-state index contributed by atoms with van der Waals surface area (Å²) in [5.74, 6) is -0.617. The normalized spacial score (nSPS) is 11.6. The molecule has 0 aliphatic rings. The lowest BCUT2D eigenvalue weighted by Crippen LogP contribution is -2.23. The van der Waals surface area contributed by atoms with Gasteiger partial charge in [0.25, 0.3) is 0 Å². The third-order valence-corrected chi connectivity index (χ3v) is 0.658. The van der Waals surface area contributed by atoms with E-state index in [1.807, 2.05) is 0 Å². The highest BCUT2D eigenvalue weighted by molar-refractivity contribution is 5.80. The van der Waals surface area contributed by atoms with Crippen LogP contribution in [-0.2, 0) is 9.59 Å². The SMILES string of the molecule is C[C@H](N=C=O)C(N)=O. The highest BCUT2D eigenvalue weighted by Crippen LogP contribution is 1.81. The van der Waals surface area contributed by atoms with Gasteiger partial charge in [0.2, 0.25) is 12.0 Å². The Kier molecular flexibility index (Phi) is 2.51. The molecule has 2 N–H and O–H groups in total. The molecule has 0 unspecified atom stereocenters. The number of aliphatic imine (C=N–C) groups is 1. The number of isocyanates is 1. The average Bonchev–Trinajstić information content (AvgIpc) is 1.67. The molecular formula is C4H6N2O2. The third kappa shape index (κ3) is 2.10. The van der Waals surface area contributed by atoms with E-state index in [0.29, 0.717) is 0 Å². The Bertz CT molecular complexity index is 135. The van der Waals surface area contributed by atoms with Crippen molar-refractivity contribution in [2.24, 2.45) is 10.7 Å². The van der Waals surface area contributed by atoms with Crippen LogP contribution < -0.4 is 5.73 Å². The van der Waals surface area contributed by atoms with Gasteiger partial charge in [-0.05, 0) is 6.92 Å². The van der Waals surface area contributed by atoms with Crippen LogP contribution in [0, 0.1) is 0 Å². The van der Waals surface area contributed by atoms with Gasteiger partial charge in [-0.2, -0.15) is 4.99 Å². The van der Waals surface area contributed by atoms with Crippen molar-refractivity contribution in [3.8, 4) is 0 Å². The Morgan fingerprint density at radius 2 is 2.38 bits per heavy atom. The lowest BCUT2D eigenvalue weighted by molar-refractivity contribution is -0.118. The van der Waals surface area contributed by atoms with E-state index in [2.05, 4.69) is 4.99 Å². The molecule has 0 aromatic rings. The van der Waals surface area contributed by atoms with Crippen LogP contribution in [0.25, 0.3) is 0 Å². The number of carbonyl (C=O) groups is 1. The molecular weight excluding hydrogens is 108 g/mol. The van der Waals surface area contributed by atoms with Gasteiger partial charge in [-0.1, -0.05) is 0 Å². The van der Waals surface area contributed by atoms with Crippen LogP contribution in [0.4, 0.5) is 0 Å². The number of hydrogen-bond acceptors (Lipinski definition) is 3. The number of amides is 1. The Hall–Kier alpha value is -1.15. The summed E-state index contributed by atoms with van der Waals surface area (Å²) in [6, 6.07) is -0.743. The minimum absolute atomic E-state index is 0.617. The molecule has 0 radical (unpaired) electrons. The van der Waals surface area contributed by atoms with Crippen LogP contribution >= 0.6 is 0 Å². The number of nitrogens with zero attached hydrogens (tertiary/aromatic N) is 1. The molecule has 0 heterocycles. The van der Waals surface area contributed by atoms with Gasteiger partial charge in [-0.25, -0.2) is 4.79 Å². The first-order chi connectivity index (χ1) is 3.68. The van der Waals surface area contributed by atoms with Crippen molar-refractivity contribution in [3.63, 3.8) is 0 Å². The van der Waals surface area contributed by atoms with Gasteiger partial charge in [-0.15, -0.1) is 0 Å². The van der Waals surface area contributed by atoms with E-state index in [1.54, 1.807) is 0 Å². The van der Waals surface area contributed by atoms with Crippen molar-refractivity contribution in [2.75, 3.05) is 0 Å². The third-order valence-electron chi connectivity index (χ3n) is 0.658. The van der Waals surface area contributed by atoms with E-state index in [0.717, 1.165) is 0 Å². The largest absolute Gasteiger partial charge is 0.368 e. The quantitative estimate of drug-likeness (QED) is 0.377. The van der Waals surface area contributed by atoms with Crippen molar-refractivity contribution in [2.45, 2.75) is 13.0 Å². The Labute approximate surface area is 46.4 Å². The second-order valence-electron chi connectivity index (χ2n) is 1.30. The van der Waals surface area contributed by atoms with Crippen LogP contribution in [0.1, 0.15) is 6.92 Å². The predicted molar refractivity (Wildman–Crippen MR) is 26.8 cm³/mol. The van der Waals surface area contributed by atoms with Gasteiger partial charge in [0.1, 0.15) is 6.04 Å². The fraction of sp³-hybridized carbons (Fsp3) is 0.500. The van der Waals surface area contributed by atoms with E-state index >= 15 is 0 Å². The lowest BCUT2D eigenvalue weighted by atomic mass is 10.3. The van der Waals surface area contributed by atoms with E-state index in [4.69, 9.17) is 5.73 Å². The molecule has 0 aliphatic heterocycles. The number of hydrogen-bond donors (Lipinski definition) is 1. The van der Waals surface area contributed by atoms with Gasteiger partial charge in [-0.3, -0.25) is 4.79 Å². The molecule has 8 heavy (non-hydrogen) atoms. The van der Waals surface area contributed by atoms with Gasteiger partial charge in [0.15, 0.2) is 0 Å². The molecule has 0 spiro atoms. The molecule has 0 fully saturated rings. The molecule has 0 aliphatic carbocycles. The van der Waals surface area contributed by atoms with Crippen LogP contribution in [0.2, 0.25) is 0 Å². The summed E-state index contributed by atoms with van der Waals surface area (Å²) >= 11 is 0. The zero-order valence-electron chi connectivity index (χ0n) is 4.42. The van der Waals surface area contributed by atoms with Crippen LogP contribution in [0.15, 0.2) is 4.99 Å². The molecule has 0 saturated carbocycles. The molecule has 1 amide bonds. The zero-order valence-corrected chi connectivity index (χ0v) is 4.42. The fourth-order valence-electron chi connectivity index (χ4n) is 0.143. The smallest absolute Gasteiger partial charge is 0.242 e. The Morgan fingerprint density at radius 3 is 2.50 bits per heavy atom. The van der Waals surface area contributed by atoms with Crippen LogP contribution in [0.3, 0.4) is 0 Å². The van der Waals surface area contributed by atoms with Gasteiger partial charge < -0.3 is 5.73 Å². The molecule has 0 saturated heterocycles. The summed E-state index contributed by atoms with van der Waals surface area (Å²) in [5.41, 5.74) is 4.71. The fourth-order valence-corrected chi connectivity index (χ4v) is 0.143. The molecule has 0 rings (SSSR count). The number of nitrogens with two attached hydrogens (primary N) is 1. The molecule has 1 atom stereocenters. The molecule has 4 nitrogen and oxygen atoms in total. The van der Waals surface area contributed by atoms with Gasteiger partial charge in [0.05, 0.1) is 0 Å². The minimum atomic E-state index is -0.743. The number of carbonyl (C=O) groups excluding carboxylic acids is 2. The van der Waals surface area contributed by atoms with E-state index < -0.39 is 11.9 Å². The summed E-state index contributed by atoms with van der Waals surface area (Å²) in [4.78, 5) is 22.5. The Balaban J connectivity index is 3.82. The predicted octanol–water partition coefficient (Wildman–Crippen LogP) is -0.804. The first-order valence-corrected chi connectivity index (χ1v) is 2.04. The number of rotatable bonds is 2. The monoisotopic (exact) mass is 114 g/mol. The summed E-state index contributed by atoms with van der Waals surface area (Å²) in [6.45, 7) is 1.42. The first kappa shape index (κ1) is 6.85. The maximum Gasteiger partial charge on any atom is 0.242 e. The standard InChI is InChI=1S/C4H6N2O2/c1-3(4(5)8)6-2-7/h3H,1H3,(H2,5,8)/t3-/m0/s1. The van der Waals surface area contributed by atoms with Crippen molar-refractivity contribution in [1.82, 2.24) is 0 Å². The molecule has 0 aromatic carbocycles. The van der Waals surface area contributed by atoms with Gasteiger partial charge >= 0.3 is 0 Å². The van der Waals surface area contributed by atoms with Crippen LogP contribution in [0.5, 0.6) is 0 Å². The van der Waals surface area contributed by atoms with Crippen molar-refractivity contribution >= 4 is 12.0 Å². The summed E-state index contributed by atoms with van der Waals surface area (Å²) in [6.07, 6.45) is 1.22. The Morgan fingerprint density at radius 1 is 1.88 bits per heavy atom. The van der Waals surface area contributed by atoms with E-state index in [-0.39, 0.29) is 0 Å². The second kappa shape index (κ2) is 2.93. The van der Waals surface area contributed by atoms with Gasteiger partial charge in [0, 0.05) is 0 Å². The molecule has 4 heteroatoms. The van der Waals surface area contributed by atoms with Crippen molar-refractivity contribution in [1.29, 1.82) is 0 Å². The number of primary amides is 1. The average molecular weight is 114 g/mol. The highest BCUT2D eigenvalue weighted by Gasteiger charge is 2.03. The maximum atomic E-state index is 10.0. The summed E-state index contributed by atoms with van der Waals surface area (Å²) in [5, 5.41) is 0. The van der Waals surface area contributed by atoms with E-state index in [1.165, 1.54) is 13.0 Å². The van der Waals surface area contributed by atoms with E-state index in [9.17, 15) is 9.59 Å². The minimum Gasteiger partial charge on any atom is -0.368 e. The second-order valence-corrected chi connectivity index (χ2v) is 1.30. The maximum absolute atomic E-state index is 10.0. The summed E-state index contributed by atoms with van der Waals surface area (Å²) in [7, 11) is 0. The molecule has 44 valence electrons. The topological polar surface area (TPSA) is 72.5 Å². The first-order valence-electron chi connectivity index (χ1n) is 2.04. The highest BCUT2D eigenvalue weighted by atomic mass is 16.1. The molecule has 0 bridgehead atoms. The van der Waals surface area contributed by atoms with Crippen LogP contribution in [-0.4, -0.2) is 18.0 Å². The lowest BCUT2D eigenvalue weighted by Gasteiger charge is -1.91.